The van der Waals surface area contributed by atoms with Crippen molar-refractivity contribution in [3.8, 4) is 0 Å². The minimum absolute atomic E-state index is 0.391. The molecule has 2 rings (SSSR count). The van der Waals surface area contributed by atoms with Crippen LogP contribution in [0, 0.1) is 6.92 Å². The molecule has 0 aliphatic rings. The van der Waals surface area contributed by atoms with Crippen molar-refractivity contribution in [1.82, 2.24) is 14.6 Å². The van der Waals surface area contributed by atoms with Gasteiger partial charge in [0.2, 0.25) is 0 Å². The van der Waals surface area contributed by atoms with Crippen LogP contribution in [0.25, 0.3) is 5.52 Å². The number of aromatic nitrogens is 3. The highest BCUT2D eigenvalue weighted by Gasteiger charge is 2.15. The van der Waals surface area contributed by atoms with E-state index < -0.39 is 0 Å². The lowest BCUT2D eigenvalue weighted by molar-refractivity contribution is 0.663. The van der Waals surface area contributed by atoms with E-state index in [9.17, 15) is 0 Å². The van der Waals surface area contributed by atoms with E-state index in [1.807, 2.05) is 17.6 Å². The van der Waals surface area contributed by atoms with Gasteiger partial charge in [-0.3, -0.25) is 0 Å². The standard InChI is InChI=1S/C13H19ClN4/c1-10(2)17(7-4-5-14)13-12-9-11(3)16-18(12)8-6-15-13/h6,8-10H,4-5,7H2,1-3H3. The van der Waals surface area contributed by atoms with Gasteiger partial charge in [0.1, 0.15) is 5.52 Å². The van der Waals surface area contributed by atoms with E-state index in [0.717, 1.165) is 30.0 Å². The first-order valence-corrected chi connectivity index (χ1v) is 6.80. The third kappa shape index (κ3) is 2.58. The molecule has 18 heavy (non-hydrogen) atoms. The summed E-state index contributed by atoms with van der Waals surface area (Å²) in [6, 6.07) is 2.46. The summed E-state index contributed by atoms with van der Waals surface area (Å²) in [5, 5.41) is 4.42. The predicted octanol–water partition coefficient (Wildman–Crippen LogP) is 2.88. The van der Waals surface area contributed by atoms with Crippen molar-refractivity contribution in [2.24, 2.45) is 0 Å². The molecule has 4 nitrogen and oxygen atoms in total. The fourth-order valence-corrected chi connectivity index (χ4v) is 2.21. The summed E-state index contributed by atoms with van der Waals surface area (Å²) in [6.45, 7) is 7.25. The van der Waals surface area contributed by atoms with Crippen LogP contribution in [0.15, 0.2) is 18.5 Å². The molecule has 0 N–H and O–H groups in total. The Balaban J connectivity index is 2.42. The molecular formula is C13H19ClN4. The first-order valence-electron chi connectivity index (χ1n) is 6.27. The van der Waals surface area contributed by atoms with Gasteiger partial charge in [0.15, 0.2) is 5.82 Å². The molecule has 0 bridgehead atoms. The number of anilines is 1. The molecule has 0 atom stereocenters. The second-order valence-corrected chi connectivity index (χ2v) is 5.07. The van der Waals surface area contributed by atoms with Gasteiger partial charge in [-0.2, -0.15) is 5.10 Å². The van der Waals surface area contributed by atoms with Gasteiger partial charge < -0.3 is 4.90 Å². The third-order valence-corrected chi connectivity index (χ3v) is 3.19. The zero-order valence-corrected chi connectivity index (χ0v) is 11.9. The van der Waals surface area contributed by atoms with Crippen LogP contribution in [0.3, 0.4) is 0 Å². The van der Waals surface area contributed by atoms with Gasteiger partial charge >= 0.3 is 0 Å². The first-order chi connectivity index (χ1) is 8.63. The van der Waals surface area contributed by atoms with Crippen LogP contribution >= 0.6 is 11.6 Å². The SMILES string of the molecule is Cc1cc2c(N(CCCCl)C(C)C)nccn2n1. The van der Waals surface area contributed by atoms with Gasteiger partial charge in [0, 0.05) is 30.9 Å². The summed E-state index contributed by atoms with van der Waals surface area (Å²) in [5.41, 5.74) is 2.06. The molecule has 0 saturated carbocycles. The molecule has 0 amide bonds. The number of fused-ring (bicyclic) bond motifs is 1. The highest BCUT2D eigenvalue weighted by atomic mass is 35.5. The number of halogens is 1. The average molecular weight is 267 g/mol. The maximum Gasteiger partial charge on any atom is 0.154 e. The summed E-state index contributed by atoms with van der Waals surface area (Å²) in [4.78, 5) is 6.79. The number of rotatable bonds is 5. The Morgan fingerprint density at radius 2 is 2.22 bits per heavy atom. The molecule has 0 aromatic carbocycles. The second-order valence-electron chi connectivity index (χ2n) is 4.70. The van der Waals surface area contributed by atoms with Gasteiger partial charge in [-0.15, -0.1) is 11.6 Å². The van der Waals surface area contributed by atoms with E-state index in [2.05, 4.69) is 34.9 Å². The topological polar surface area (TPSA) is 33.4 Å². The monoisotopic (exact) mass is 266 g/mol. The van der Waals surface area contributed by atoms with Crippen LogP contribution in [-0.4, -0.2) is 33.1 Å². The van der Waals surface area contributed by atoms with Crippen molar-refractivity contribution in [2.45, 2.75) is 33.2 Å². The normalized spacial score (nSPS) is 11.4. The molecule has 0 unspecified atom stereocenters. The Hall–Kier alpha value is -1.29. The van der Waals surface area contributed by atoms with E-state index in [0.29, 0.717) is 11.9 Å². The summed E-state index contributed by atoms with van der Waals surface area (Å²) in [5.74, 6) is 1.66. The highest BCUT2D eigenvalue weighted by molar-refractivity contribution is 6.17. The van der Waals surface area contributed by atoms with Crippen LogP contribution in [-0.2, 0) is 0 Å². The van der Waals surface area contributed by atoms with Crippen molar-refractivity contribution in [1.29, 1.82) is 0 Å². The molecular weight excluding hydrogens is 248 g/mol. The first kappa shape index (κ1) is 13.1. The molecule has 2 heterocycles. The van der Waals surface area contributed by atoms with Crippen molar-refractivity contribution < 1.29 is 0 Å². The average Bonchev–Trinajstić information content (AvgIpc) is 2.70. The predicted molar refractivity (Wildman–Crippen MR) is 75.5 cm³/mol. The van der Waals surface area contributed by atoms with Crippen LogP contribution < -0.4 is 4.90 Å². The maximum absolute atomic E-state index is 5.80. The number of hydrogen-bond donors (Lipinski definition) is 0. The van der Waals surface area contributed by atoms with Gasteiger partial charge in [0.25, 0.3) is 0 Å². The quantitative estimate of drug-likeness (QED) is 0.781. The van der Waals surface area contributed by atoms with Crippen LogP contribution in [0.5, 0.6) is 0 Å². The maximum atomic E-state index is 5.80. The Labute approximate surface area is 113 Å². The second kappa shape index (κ2) is 5.57. The molecule has 0 aliphatic carbocycles. The van der Waals surface area contributed by atoms with Crippen LogP contribution in [0.1, 0.15) is 26.0 Å². The Morgan fingerprint density at radius 1 is 1.44 bits per heavy atom. The lowest BCUT2D eigenvalue weighted by Gasteiger charge is -2.28. The Bertz CT molecular complexity index is 521. The van der Waals surface area contributed by atoms with E-state index >= 15 is 0 Å². The molecule has 0 spiro atoms. The van der Waals surface area contributed by atoms with Crippen molar-refractivity contribution in [3.63, 3.8) is 0 Å². The molecule has 0 saturated heterocycles. The van der Waals surface area contributed by atoms with E-state index in [1.54, 1.807) is 6.20 Å². The molecule has 0 fully saturated rings. The van der Waals surface area contributed by atoms with Gasteiger partial charge in [-0.1, -0.05) is 0 Å². The minimum Gasteiger partial charge on any atom is -0.352 e. The Morgan fingerprint density at radius 3 is 2.89 bits per heavy atom. The number of alkyl halides is 1. The zero-order chi connectivity index (χ0) is 13.1. The van der Waals surface area contributed by atoms with Gasteiger partial charge in [-0.25, -0.2) is 9.50 Å². The smallest absolute Gasteiger partial charge is 0.154 e. The number of hydrogen-bond acceptors (Lipinski definition) is 3. The van der Waals surface area contributed by atoms with Crippen molar-refractivity contribution >= 4 is 22.9 Å². The molecule has 2 aromatic heterocycles. The van der Waals surface area contributed by atoms with Gasteiger partial charge in [-0.05, 0) is 33.3 Å². The molecule has 2 aromatic rings. The van der Waals surface area contributed by atoms with Crippen LogP contribution in [0.2, 0.25) is 0 Å². The zero-order valence-electron chi connectivity index (χ0n) is 11.1. The molecule has 5 heteroatoms. The fraction of sp³-hybridized carbons (Fsp3) is 0.538. The highest BCUT2D eigenvalue weighted by Crippen LogP contribution is 2.21. The summed E-state index contributed by atoms with van der Waals surface area (Å²) in [7, 11) is 0. The van der Waals surface area contributed by atoms with Gasteiger partial charge in [0.05, 0.1) is 5.69 Å². The molecule has 98 valence electrons. The lowest BCUT2D eigenvalue weighted by Crippen LogP contribution is -2.33. The summed E-state index contributed by atoms with van der Waals surface area (Å²) < 4.78 is 1.88. The number of nitrogens with zero attached hydrogens (tertiary/aromatic N) is 4. The minimum atomic E-state index is 0.391. The fourth-order valence-electron chi connectivity index (χ4n) is 2.09. The Kier molecular flexibility index (Phi) is 4.07. The molecule has 0 radical (unpaired) electrons. The van der Waals surface area contributed by atoms with Crippen molar-refractivity contribution in [3.05, 3.63) is 24.2 Å². The lowest BCUT2D eigenvalue weighted by atomic mass is 10.2. The van der Waals surface area contributed by atoms with Crippen molar-refractivity contribution in [2.75, 3.05) is 17.3 Å². The van der Waals surface area contributed by atoms with Crippen LogP contribution in [0.4, 0.5) is 5.82 Å². The van der Waals surface area contributed by atoms with E-state index in [-0.39, 0.29) is 0 Å². The van der Waals surface area contributed by atoms with E-state index in [4.69, 9.17) is 11.6 Å². The van der Waals surface area contributed by atoms with E-state index in [1.165, 1.54) is 0 Å². The number of aryl methyl sites for hydroxylation is 1. The summed E-state index contributed by atoms with van der Waals surface area (Å²) in [6.07, 6.45) is 4.63. The third-order valence-electron chi connectivity index (χ3n) is 2.92. The molecule has 0 aliphatic heterocycles. The summed E-state index contributed by atoms with van der Waals surface area (Å²) >= 11 is 5.80. The largest absolute Gasteiger partial charge is 0.352 e.